The SMILES string of the molecule is Cc1ccccc1CN(C)CC1(N)CCOCC1. The Morgan fingerprint density at radius 1 is 1.28 bits per heavy atom. The fourth-order valence-electron chi connectivity index (χ4n) is 2.61. The lowest BCUT2D eigenvalue weighted by molar-refractivity contribution is 0.0402. The summed E-state index contributed by atoms with van der Waals surface area (Å²) in [5, 5.41) is 0. The van der Waals surface area contributed by atoms with Gasteiger partial charge in [0.05, 0.1) is 0 Å². The van der Waals surface area contributed by atoms with Crippen LogP contribution in [0.2, 0.25) is 0 Å². The molecule has 1 fully saturated rings. The lowest BCUT2D eigenvalue weighted by atomic mass is 9.90. The highest BCUT2D eigenvalue weighted by atomic mass is 16.5. The summed E-state index contributed by atoms with van der Waals surface area (Å²) in [4.78, 5) is 2.33. The van der Waals surface area contributed by atoms with E-state index < -0.39 is 0 Å². The maximum absolute atomic E-state index is 6.43. The van der Waals surface area contributed by atoms with E-state index in [-0.39, 0.29) is 5.54 Å². The molecule has 1 aromatic carbocycles. The summed E-state index contributed by atoms with van der Waals surface area (Å²) in [6.07, 6.45) is 1.93. The van der Waals surface area contributed by atoms with Crippen molar-refractivity contribution in [2.75, 3.05) is 26.8 Å². The number of rotatable bonds is 4. The second-order valence-corrected chi connectivity index (χ2v) is 5.57. The molecule has 100 valence electrons. The quantitative estimate of drug-likeness (QED) is 0.885. The number of benzene rings is 1. The molecule has 0 bridgehead atoms. The minimum atomic E-state index is -0.0737. The maximum Gasteiger partial charge on any atom is 0.0484 e. The number of likely N-dealkylation sites (N-methyl/N-ethyl adjacent to an activating group) is 1. The molecule has 2 rings (SSSR count). The van der Waals surface area contributed by atoms with Gasteiger partial charge in [-0.3, -0.25) is 0 Å². The third-order valence-electron chi connectivity index (χ3n) is 3.77. The third-order valence-corrected chi connectivity index (χ3v) is 3.77. The van der Waals surface area contributed by atoms with E-state index in [1.54, 1.807) is 0 Å². The van der Waals surface area contributed by atoms with Crippen LogP contribution in [-0.2, 0) is 11.3 Å². The van der Waals surface area contributed by atoms with Gasteiger partial charge in [0.25, 0.3) is 0 Å². The van der Waals surface area contributed by atoms with Gasteiger partial charge < -0.3 is 15.4 Å². The molecule has 18 heavy (non-hydrogen) atoms. The zero-order valence-corrected chi connectivity index (χ0v) is 11.5. The van der Waals surface area contributed by atoms with Gasteiger partial charge >= 0.3 is 0 Å². The molecule has 0 radical (unpaired) electrons. The van der Waals surface area contributed by atoms with Crippen LogP contribution in [0.25, 0.3) is 0 Å². The highest BCUT2D eigenvalue weighted by Crippen LogP contribution is 2.20. The second-order valence-electron chi connectivity index (χ2n) is 5.57. The standard InChI is InChI=1S/C15H24N2O/c1-13-5-3-4-6-14(13)11-17(2)12-15(16)7-9-18-10-8-15/h3-6H,7-12,16H2,1-2H3. The van der Waals surface area contributed by atoms with Crippen molar-refractivity contribution < 1.29 is 4.74 Å². The van der Waals surface area contributed by atoms with E-state index in [4.69, 9.17) is 10.5 Å². The van der Waals surface area contributed by atoms with E-state index >= 15 is 0 Å². The van der Waals surface area contributed by atoms with Crippen molar-refractivity contribution >= 4 is 0 Å². The van der Waals surface area contributed by atoms with Crippen LogP contribution in [-0.4, -0.2) is 37.2 Å². The van der Waals surface area contributed by atoms with Crippen molar-refractivity contribution in [3.8, 4) is 0 Å². The van der Waals surface area contributed by atoms with E-state index in [2.05, 4.69) is 43.1 Å². The van der Waals surface area contributed by atoms with Crippen molar-refractivity contribution in [2.45, 2.75) is 31.8 Å². The van der Waals surface area contributed by atoms with E-state index in [1.807, 2.05) is 0 Å². The Morgan fingerprint density at radius 3 is 2.61 bits per heavy atom. The van der Waals surface area contributed by atoms with Gasteiger partial charge in [-0.05, 0) is 37.9 Å². The van der Waals surface area contributed by atoms with Gasteiger partial charge in [-0.25, -0.2) is 0 Å². The van der Waals surface area contributed by atoms with Crippen molar-refractivity contribution in [3.05, 3.63) is 35.4 Å². The summed E-state index contributed by atoms with van der Waals surface area (Å²) < 4.78 is 5.39. The Morgan fingerprint density at radius 2 is 1.94 bits per heavy atom. The Hall–Kier alpha value is -0.900. The van der Waals surface area contributed by atoms with Crippen LogP contribution in [0.1, 0.15) is 24.0 Å². The lowest BCUT2D eigenvalue weighted by Crippen LogP contribution is -2.52. The number of nitrogens with zero attached hydrogens (tertiary/aromatic N) is 1. The highest BCUT2D eigenvalue weighted by Gasteiger charge is 2.29. The Bertz CT molecular complexity index is 386. The van der Waals surface area contributed by atoms with Gasteiger partial charge in [0.2, 0.25) is 0 Å². The molecule has 3 heteroatoms. The number of hydrogen-bond acceptors (Lipinski definition) is 3. The normalized spacial score (nSPS) is 19.1. The second kappa shape index (κ2) is 5.83. The van der Waals surface area contributed by atoms with Gasteiger partial charge in [-0.2, -0.15) is 0 Å². The van der Waals surface area contributed by atoms with Gasteiger partial charge in [0.1, 0.15) is 0 Å². The summed E-state index contributed by atoms with van der Waals surface area (Å²) >= 11 is 0. The molecular formula is C15H24N2O. The van der Waals surface area contributed by atoms with Crippen molar-refractivity contribution in [1.29, 1.82) is 0 Å². The van der Waals surface area contributed by atoms with Crippen LogP contribution < -0.4 is 5.73 Å². The molecule has 0 amide bonds. The van der Waals surface area contributed by atoms with Gasteiger partial charge in [-0.15, -0.1) is 0 Å². The molecule has 1 aliphatic rings. The molecule has 0 unspecified atom stereocenters. The lowest BCUT2D eigenvalue weighted by Gasteiger charge is -2.36. The van der Waals surface area contributed by atoms with Crippen LogP contribution in [0, 0.1) is 6.92 Å². The molecule has 0 saturated carbocycles. The van der Waals surface area contributed by atoms with Gasteiger partial charge in [-0.1, -0.05) is 24.3 Å². The molecule has 1 saturated heterocycles. The Labute approximate surface area is 110 Å². The zero-order chi connectivity index (χ0) is 13.0. The summed E-state index contributed by atoms with van der Waals surface area (Å²) in [6.45, 7) is 5.66. The summed E-state index contributed by atoms with van der Waals surface area (Å²) in [5.74, 6) is 0. The van der Waals surface area contributed by atoms with Crippen LogP contribution in [0.15, 0.2) is 24.3 Å². The van der Waals surface area contributed by atoms with Gasteiger partial charge in [0.15, 0.2) is 0 Å². The average Bonchev–Trinajstić information content (AvgIpc) is 2.32. The van der Waals surface area contributed by atoms with Crippen molar-refractivity contribution in [2.24, 2.45) is 5.73 Å². The molecule has 1 aliphatic heterocycles. The van der Waals surface area contributed by atoms with E-state index in [0.29, 0.717) is 0 Å². The molecule has 0 aromatic heterocycles. The largest absolute Gasteiger partial charge is 0.381 e. The number of ether oxygens (including phenoxy) is 1. The number of aryl methyl sites for hydroxylation is 1. The highest BCUT2D eigenvalue weighted by molar-refractivity contribution is 5.25. The number of nitrogens with two attached hydrogens (primary N) is 1. The first-order chi connectivity index (χ1) is 8.59. The summed E-state index contributed by atoms with van der Waals surface area (Å²) in [6, 6.07) is 8.54. The molecule has 1 aromatic rings. The average molecular weight is 248 g/mol. The van der Waals surface area contributed by atoms with E-state index in [0.717, 1.165) is 39.1 Å². The van der Waals surface area contributed by atoms with Crippen molar-refractivity contribution in [3.63, 3.8) is 0 Å². The smallest absolute Gasteiger partial charge is 0.0484 e. The van der Waals surface area contributed by atoms with Crippen LogP contribution in [0.4, 0.5) is 0 Å². The zero-order valence-electron chi connectivity index (χ0n) is 11.5. The minimum Gasteiger partial charge on any atom is -0.381 e. The monoisotopic (exact) mass is 248 g/mol. The van der Waals surface area contributed by atoms with E-state index in [9.17, 15) is 0 Å². The predicted octanol–water partition coefficient (Wildman–Crippen LogP) is 1.93. The molecule has 0 spiro atoms. The Kier molecular flexibility index (Phi) is 4.38. The first-order valence-corrected chi connectivity index (χ1v) is 6.69. The molecule has 0 aliphatic carbocycles. The maximum atomic E-state index is 6.43. The first kappa shape index (κ1) is 13.5. The fourth-order valence-corrected chi connectivity index (χ4v) is 2.61. The summed E-state index contributed by atoms with van der Waals surface area (Å²) in [5.41, 5.74) is 9.09. The molecule has 0 atom stereocenters. The third kappa shape index (κ3) is 3.55. The topological polar surface area (TPSA) is 38.5 Å². The van der Waals surface area contributed by atoms with E-state index in [1.165, 1.54) is 11.1 Å². The molecular weight excluding hydrogens is 224 g/mol. The first-order valence-electron chi connectivity index (χ1n) is 6.69. The summed E-state index contributed by atoms with van der Waals surface area (Å²) in [7, 11) is 2.15. The van der Waals surface area contributed by atoms with Gasteiger partial charge in [0, 0.05) is 31.8 Å². The van der Waals surface area contributed by atoms with Crippen molar-refractivity contribution in [1.82, 2.24) is 4.90 Å². The molecule has 2 N–H and O–H groups in total. The fraction of sp³-hybridized carbons (Fsp3) is 0.600. The van der Waals surface area contributed by atoms with Crippen LogP contribution in [0.5, 0.6) is 0 Å². The minimum absolute atomic E-state index is 0.0737. The van der Waals surface area contributed by atoms with Crippen LogP contribution >= 0.6 is 0 Å². The molecule has 3 nitrogen and oxygen atoms in total. The van der Waals surface area contributed by atoms with Crippen LogP contribution in [0.3, 0.4) is 0 Å². The number of hydrogen-bond donors (Lipinski definition) is 1. The predicted molar refractivity (Wildman–Crippen MR) is 74.5 cm³/mol. The molecule has 1 heterocycles. The Balaban J connectivity index is 1.92.